The maximum absolute atomic E-state index is 12.7. The molecule has 3 heterocycles. The number of nitrogens with zero attached hydrogens (tertiary/aromatic N) is 1. The third-order valence-electron chi connectivity index (χ3n) is 3.89. The van der Waals surface area contributed by atoms with Crippen LogP contribution in [0.1, 0.15) is 12.8 Å². The monoisotopic (exact) mass is 306 g/mol. The van der Waals surface area contributed by atoms with Gasteiger partial charge in [0.1, 0.15) is 0 Å². The van der Waals surface area contributed by atoms with Gasteiger partial charge in [-0.05, 0) is 31.1 Å². The lowest BCUT2D eigenvalue weighted by molar-refractivity contribution is 0.0957. The van der Waals surface area contributed by atoms with Crippen molar-refractivity contribution in [2.45, 2.75) is 25.5 Å². The van der Waals surface area contributed by atoms with Gasteiger partial charge in [0.2, 0.25) is 6.79 Å². The number of rotatable bonds is 2. The van der Waals surface area contributed by atoms with Crippen LogP contribution in [0, 0.1) is 4.77 Å². The maximum atomic E-state index is 12.7. The topological polar surface area (TPSA) is 65.5 Å². The highest BCUT2D eigenvalue weighted by Gasteiger charge is 2.20. The zero-order chi connectivity index (χ0) is 14.4. The van der Waals surface area contributed by atoms with Crippen LogP contribution < -0.4 is 15.0 Å². The molecule has 1 aromatic carbocycles. The lowest BCUT2D eigenvalue weighted by atomic mass is 10.2. The second-order valence-electron chi connectivity index (χ2n) is 5.23. The first kappa shape index (κ1) is 12.8. The van der Waals surface area contributed by atoms with E-state index in [9.17, 15) is 4.79 Å². The van der Waals surface area contributed by atoms with Gasteiger partial charge in [0, 0.05) is 12.7 Å². The molecule has 2 aliphatic heterocycles. The minimum atomic E-state index is -0.123. The molecule has 1 aromatic heterocycles. The van der Waals surface area contributed by atoms with Crippen molar-refractivity contribution >= 4 is 23.1 Å². The summed E-state index contributed by atoms with van der Waals surface area (Å²) in [5, 5.41) is 0.547. The molecule has 2 aromatic rings. The Labute approximate surface area is 125 Å². The van der Waals surface area contributed by atoms with E-state index in [-0.39, 0.29) is 18.5 Å². The van der Waals surface area contributed by atoms with E-state index in [1.54, 1.807) is 16.7 Å². The first-order chi connectivity index (χ1) is 10.2. The summed E-state index contributed by atoms with van der Waals surface area (Å²) >= 11 is 5.31. The van der Waals surface area contributed by atoms with E-state index in [1.807, 2.05) is 0 Å². The summed E-state index contributed by atoms with van der Waals surface area (Å²) in [5.74, 6) is 1.22. The summed E-state index contributed by atoms with van der Waals surface area (Å²) in [6, 6.07) is 3.46. The van der Waals surface area contributed by atoms with E-state index < -0.39 is 0 Å². The zero-order valence-electron chi connectivity index (χ0n) is 11.3. The Morgan fingerprint density at radius 1 is 1.33 bits per heavy atom. The normalized spacial score (nSPS) is 20.3. The first-order valence-electron chi connectivity index (χ1n) is 6.90. The molecule has 110 valence electrons. The fourth-order valence-electron chi connectivity index (χ4n) is 2.80. The molecule has 0 radical (unpaired) electrons. The van der Waals surface area contributed by atoms with Gasteiger partial charge in [-0.1, -0.05) is 0 Å². The van der Waals surface area contributed by atoms with Crippen molar-refractivity contribution in [1.29, 1.82) is 0 Å². The van der Waals surface area contributed by atoms with Gasteiger partial charge in [-0.25, -0.2) is 0 Å². The Hall–Kier alpha value is -1.86. The number of fused-ring (bicyclic) bond motifs is 2. The second kappa shape index (κ2) is 4.85. The molecule has 0 spiro atoms. The number of aromatic amines is 1. The van der Waals surface area contributed by atoms with Gasteiger partial charge >= 0.3 is 0 Å². The Kier molecular flexibility index (Phi) is 2.97. The van der Waals surface area contributed by atoms with Gasteiger partial charge in [0.25, 0.3) is 5.56 Å². The molecule has 7 heteroatoms. The molecular formula is C14H14N2O4S. The van der Waals surface area contributed by atoms with Crippen LogP contribution in [-0.2, 0) is 11.3 Å². The van der Waals surface area contributed by atoms with Crippen molar-refractivity contribution < 1.29 is 14.2 Å². The predicted octanol–water partition coefficient (Wildman–Crippen LogP) is 1.97. The molecule has 1 fully saturated rings. The number of aromatic nitrogens is 2. The van der Waals surface area contributed by atoms with E-state index >= 15 is 0 Å². The molecule has 1 saturated heterocycles. The quantitative estimate of drug-likeness (QED) is 0.859. The third-order valence-corrected chi connectivity index (χ3v) is 4.21. The maximum Gasteiger partial charge on any atom is 0.262 e. The molecule has 21 heavy (non-hydrogen) atoms. The van der Waals surface area contributed by atoms with Crippen LogP contribution in [0.4, 0.5) is 0 Å². The zero-order valence-corrected chi connectivity index (χ0v) is 12.1. The fraction of sp³-hybridized carbons (Fsp3) is 0.429. The molecule has 0 saturated carbocycles. The van der Waals surface area contributed by atoms with Crippen LogP contribution in [0.2, 0.25) is 0 Å². The molecule has 0 bridgehead atoms. The lowest BCUT2D eigenvalue weighted by Gasteiger charge is -2.13. The summed E-state index contributed by atoms with van der Waals surface area (Å²) in [5.41, 5.74) is 0.542. The van der Waals surface area contributed by atoms with E-state index in [0.717, 1.165) is 19.4 Å². The standard InChI is InChI=1S/C14H14N2O4S/c17-13-9-4-11-12(20-7-19-11)5-10(9)15-14(21)16(13)6-8-2-1-3-18-8/h4-5,8H,1-3,6-7H2,(H,15,21). The summed E-state index contributed by atoms with van der Waals surface area (Å²) in [6.45, 7) is 1.41. The van der Waals surface area contributed by atoms with Gasteiger partial charge in [-0.15, -0.1) is 0 Å². The number of benzene rings is 1. The summed E-state index contributed by atoms with van der Waals surface area (Å²) in [4.78, 5) is 15.8. The molecule has 4 rings (SSSR count). The third kappa shape index (κ3) is 2.13. The molecule has 6 nitrogen and oxygen atoms in total. The van der Waals surface area contributed by atoms with Gasteiger partial charge in [-0.2, -0.15) is 0 Å². The van der Waals surface area contributed by atoms with Crippen molar-refractivity contribution in [2.24, 2.45) is 0 Å². The van der Waals surface area contributed by atoms with Gasteiger partial charge in [0.15, 0.2) is 16.3 Å². The largest absolute Gasteiger partial charge is 0.454 e. The molecule has 2 aliphatic rings. The van der Waals surface area contributed by atoms with E-state index in [4.69, 9.17) is 26.4 Å². The van der Waals surface area contributed by atoms with Crippen molar-refractivity contribution in [3.8, 4) is 11.5 Å². The molecule has 1 unspecified atom stereocenters. The molecule has 1 atom stereocenters. The van der Waals surface area contributed by atoms with Crippen LogP contribution in [0.5, 0.6) is 11.5 Å². The smallest absolute Gasteiger partial charge is 0.262 e. The number of ether oxygens (including phenoxy) is 3. The second-order valence-corrected chi connectivity index (χ2v) is 5.62. The predicted molar refractivity (Wildman–Crippen MR) is 78.5 cm³/mol. The summed E-state index contributed by atoms with van der Waals surface area (Å²) < 4.78 is 18.2. The van der Waals surface area contributed by atoms with E-state index in [1.165, 1.54) is 0 Å². The first-order valence-corrected chi connectivity index (χ1v) is 7.31. The SMILES string of the molecule is O=c1c2cc3c(cc2[nH]c(=S)n1CC1CCCO1)OCO3. The average molecular weight is 306 g/mol. The van der Waals surface area contributed by atoms with Crippen molar-refractivity contribution in [3.63, 3.8) is 0 Å². The number of H-pyrrole nitrogens is 1. The molecular weight excluding hydrogens is 292 g/mol. The van der Waals surface area contributed by atoms with E-state index in [0.29, 0.717) is 33.7 Å². The van der Waals surface area contributed by atoms with Gasteiger partial charge in [-0.3, -0.25) is 9.36 Å². The highest BCUT2D eigenvalue weighted by atomic mass is 32.1. The minimum absolute atomic E-state index is 0.0595. The number of hydrogen-bond donors (Lipinski definition) is 1. The van der Waals surface area contributed by atoms with Crippen molar-refractivity contribution in [3.05, 3.63) is 27.3 Å². The molecule has 0 aliphatic carbocycles. The van der Waals surface area contributed by atoms with Crippen LogP contribution in [0.3, 0.4) is 0 Å². The van der Waals surface area contributed by atoms with Crippen LogP contribution in [-0.4, -0.2) is 29.1 Å². The van der Waals surface area contributed by atoms with Crippen LogP contribution >= 0.6 is 12.2 Å². The summed E-state index contributed by atoms with van der Waals surface area (Å²) in [7, 11) is 0. The Bertz CT molecular complexity index is 820. The Balaban J connectivity index is 1.86. The molecule has 1 N–H and O–H groups in total. The van der Waals surface area contributed by atoms with Crippen molar-refractivity contribution in [2.75, 3.05) is 13.4 Å². The molecule has 0 amide bonds. The highest BCUT2D eigenvalue weighted by molar-refractivity contribution is 7.71. The lowest BCUT2D eigenvalue weighted by Crippen LogP contribution is -2.27. The highest BCUT2D eigenvalue weighted by Crippen LogP contribution is 2.34. The van der Waals surface area contributed by atoms with E-state index in [2.05, 4.69) is 4.98 Å². The fourth-order valence-corrected chi connectivity index (χ4v) is 3.07. The average Bonchev–Trinajstić information content (AvgIpc) is 3.12. The Morgan fingerprint density at radius 3 is 2.90 bits per heavy atom. The van der Waals surface area contributed by atoms with Crippen LogP contribution in [0.25, 0.3) is 10.9 Å². The van der Waals surface area contributed by atoms with Crippen molar-refractivity contribution in [1.82, 2.24) is 9.55 Å². The minimum Gasteiger partial charge on any atom is -0.454 e. The number of hydrogen-bond acceptors (Lipinski definition) is 5. The Morgan fingerprint density at radius 2 is 2.14 bits per heavy atom. The van der Waals surface area contributed by atoms with Gasteiger partial charge in [0.05, 0.1) is 23.6 Å². The number of nitrogens with one attached hydrogen (secondary N) is 1. The van der Waals surface area contributed by atoms with Gasteiger partial charge < -0.3 is 19.2 Å². The van der Waals surface area contributed by atoms with Crippen LogP contribution in [0.15, 0.2) is 16.9 Å². The summed E-state index contributed by atoms with van der Waals surface area (Å²) in [6.07, 6.45) is 2.05.